The molecule has 12 heteroatoms. The number of carbonyl (C=O) groups is 1. The monoisotopic (exact) mass is 526 g/mol. The van der Waals surface area contributed by atoms with Crippen LogP contribution in [-0.2, 0) is 15.5 Å². The minimum atomic E-state index is -2.98. The van der Waals surface area contributed by atoms with Crippen molar-refractivity contribution in [2.24, 2.45) is 0 Å². The Labute approximate surface area is 209 Å². The van der Waals surface area contributed by atoms with Gasteiger partial charge >= 0.3 is 6.61 Å². The molecule has 4 rings (SSSR count). The molecule has 2 aliphatic heterocycles. The van der Waals surface area contributed by atoms with Crippen molar-refractivity contribution in [3.63, 3.8) is 0 Å². The van der Waals surface area contributed by atoms with Crippen molar-refractivity contribution in [2.75, 3.05) is 37.1 Å². The second kappa shape index (κ2) is 12.4. The largest absolute Gasteiger partial charge is 0.435 e. The van der Waals surface area contributed by atoms with Gasteiger partial charge in [-0.05, 0) is 38.6 Å². The molecule has 3 N–H and O–H groups in total. The number of pyridine rings is 1. The second-order valence-electron chi connectivity index (χ2n) is 8.73. The molecule has 196 valence electrons. The first-order valence-electron chi connectivity index (χ1n) is 11.3. The fourth-order valence-corrected chi connectivity index (χ4v) is 5.32. The lowest BCUT2D eigenvalue weighted by Crippen LogP contribution is -2.58. The Balaban J connectivity index is 0.000000383. The summed E-state index contributed by atoms with van der Waals surface area (Å²) in [4.78, 5) is 15.3. The lowest BCUT2D eigenvalue weighted by atomic mass is 10.0. The molecule has 0 radical (unpaired) electrons. The Morgan fingerprint density at radius 3 is 2.69 bits per heavy atom. The van der Waals surface area contributed by atoms with E-state index in [1.54, 1.807) is 6.07 Å². The van der Waals surface area contributed by atoms with Gasteiger partial charge in [-0.2, -0.15) is 8.78 Å². The van der Waals surface area contributed by atoms with E-state index in [-0.39, 0.29) is 40.4 Å². The lowest BCUT2D eigenvalue weighted by molar-refractivity contribution is -0.0498. The number of nitrogens with one attached hydrogen (secondary N) is 3. The molecule has 2 atom stereocenters. The number of hydrogen-bond donors (Lipinski definition) is 3. The number of hydrogen-bond acceptors (Lipinski definition) is 8. The summed E-state index contributed by atoms with van der Waals surface area (Å²) < 4.78 is 59.0. The Hall–Kier alpha value is -2.83. The van der Waals surface area contributed by atoms with E-state index in [2.05, 4.69) is 27.3 Å². The van der Waals surface area contributed by atoms with Crippen molar-refractivity contribution >= 4 is 28.5 Å². The Bertz CT molecular complexity index is 1100. The van der Waals surface area contributed by atoms with E-state index in [1.807, 2.05) is 7.05 Å². The third-order valence-corrected chi connectivity index (χ3v) is 7.74. The normalized spacial score (nSPS) is 25.2. The summed E-state index contributed by atoms with van der Waals surface area (Å²) in [7, 11) is 1.39. The van der Waals surface area contributed by atoms with Crippen molar-refractivity contribution in [2.45, 2.75) is 37.7 Å². The topological polar surface area (TPSA) is 113 Å². The fraction of sp³-hybridized carbons (Fsp3) is 0.458. The summed E-state index contributed by atoms with van der Waals surface area (Å²) >= 11 is 0. The van der Waals surface area contributed by atoms with Crippen LogP contribution in [0.15, 0.2) is 36.5 Å². The minimum Gasteiger partial charge on any atom is -0.435 e. The van der Waals surface area contributed by atoms with Crippen molar-refractivity contribution in [1.29, 1.82) is 5.41 Å². The first-order chi connectivity index (χ1) is 17.1. The average molecular weight is 527 g/mol. The van der Waals surface area contributed by atoms with Crippen LogP contribution >= 0.6 is 0 Å². The highest BCUT2D eigenvalue weighted by Crippen LogP contribution is 2.25. The van der Waals surface area contributed by atoms with Crippen molar-refractivity contribution < 1.29 is 31.6 Å². The van der Waals surface area contributed by atoms with Crippen LogP contribution in [0.5, 0.6) is 5.75 Å². The first kappa shape index (κ1) is 27.8. The summed E-state index contributed by atoms with van der Waals surface area (Å²) in [6.45, 7) is -0.549. The number of benzene rings is 1. The van der Waals surface area contributed by atoms with Crippen LogP contribution in [0.4, 0.5) is 18.9 Å². The molecule has 2 fully saturated rings. The van der Waals surface area contributed by atoms with Gasteiger partial charge in [0.1, 0.15) is 17.6 Å². The molecule has 3 heterocycles. The smallest absolute Gasteiger partial charge is 0.387 e. The number of anilines is 1. The van der Waals surface area contributed by atoms with Crippen LogP contribution in [-0.4, -0.2) is 77.3 Å². The molecule has 0 aliphatic carbocycles. The number of aldehydes is 1. The van der Waals surface area contributed by atoms with E-state index in [9.17, 15) is 22.2 Å². The zero-order valence-electron chi connectivity index (χ0n) is 19.9. The molecule has 1 aromatic carbocycles. The quantitative estimate of drug-likeness (QED) is 0.358. The zero-order chi connectivity index (χ0) is 26.3. The Kier molecular flexibility index (Phi) is 9.57. The predicted molar refractivity (Wildman–Crippen MR) is 132 cm³/mol. The van der Waals surface area contributed by atoms with Gasteiger partial charge < -0.3 is 20.1 Å². The van der Waals surface area contributed by atoms with Gasteiger partial charge in [0.2, 0.25) is 0 Å². The number of halogens is 3. The molecule has 2 aliphatic rings. The van der Waals surface area contributed by atoms with Crippen LogP contribution in [0.25, 0.3) is 0 Å². The van der Waals surface area contributed by atoms with Gasteiger partial charge in [0, 0.05) is 51.8 Å². The Morgan fingerprint density at radius 2 is 2.11 bits per heavy atom. The van der Waals surface area contributed by atoms with Gasteiger partial charge in [0.25, 0.3) is 0 Å². The Morgan fingerprint density at radius 1 is 1.36 bits per heavy atom. The van der Waals surface area contributed by atoms with Gasteiger partial charge in [0.15, 0.2) is 6.29 Å². The molecule has 0 amide bonds. The summed E-state index contributed by atoms with van der Waals surface area (Å²) in [6, 6.07) is 6.58. The first-order valence-corrected chi connectivity index (χ1v) is 12.7. The standard InChI is InChI=1S/C19H18F3N3O3.C5H11NOS/c20-14-10-27-5-4-15(14)25-16-6-11(9-26)8-24-18(16)17(23)12-2-1-3-13(7-12)28-19(21)22;1-5(6-2)3-8(7)4-5/h1-3,6-9,14-15,19,23,25H,4-5,10H2;6H,3-4H2,1-2H3. The zero-order valence-corrected chi connectivity index (χ0v) is 20.7. The summed E-state index contributed by atoms with van der Waals surface area (Å²) in [6.07, 6.45) is 1.05. The molecule has 8 nitrogen and oxygen atoms in total. The molecular formula is C24H29F3N4O4S. The molecule has 0 bridgehead atoms. The maximum atomic E-state index is 14.1. The van der Waals surface area contributed by atoms with E-state index >= 15 is 0 Å². The molecule has 2 unspecified atom stereocenters. The van der Waals surface area contributed by atoms with Gasteiger partial charge in [0.05, 0.1) is 24.0 Å². The van der Waals surface area contributed by atoms with E-state index in [1.165, 1.54) is 30.5 Å². The molecule has 36 heavy (non-hydrogen) atoms. The molecule has 2 saturated heterocycles. The molecule has 2 aromatic rings. The predicted octanol–water partition coefficient (Wildman–Crippen LogP) is 3.18. The van der Waals surface area contributed by atoms with E-state index in [4.69, 9.17) is 10.1 Å². The number of rotatable bonds is 8. The van der Waals surface area contributed by atoms with Crippen LogP contribution in [0.3, 0.4) is 0 Å². The molecule has 0 saturated carbocycles. The summed E-state index contributed by atoms with van der Waals surface area (Å²) in [5.41, 5.74) is 1.13. The average Bonchev–Trinajstić information content (AvgIpc) is 2.84. The number of aromatic nitrogens is 1. The van der Waals surface area contributed by atoms with Crippen LogP contribution in [0.1, 0.15) is 35.0 Å². The second-order valence-corrected chi connectivity index (χ2v) is 10.2. The minimum absolute atomic E-state index is 0.0434. The maximum Gasteiger partial charge on any atom is 0.387 e. The van der Waals surface area contributed by atoms with Crippen molar-refractivity contribution in [3.8, 4) is 5.75 Å². The van der Waals surface area contributed by atoms with Crippen LogP contribution in [0, 0.1) is 5.41 Å². The van der Waals surface area contributed by atoms with E-state index < -0.39 is 29.6 Å². The number of ether oxygens (including phenoxy) is 2. The third kappa shape index (κ3) is 7.34. The fourth-order valence-electron chi connectivity index (χ4n) is 3.70. The highest BCUT2D eigenvalue weighted by atomic mass is 32.2. The van der Waals surface area contributed by atoms with Gasteiger partial charge in [-0.15, -0.1) is 0 Å². The lowest BCUT2D eigenvalue weighted by Gasteiger charge is -2.36. The van der Waals surface area contributed by atoms with Crippen LogP contribution in [0.2, 0.25) is 0 Å². The third-order valence-electron chi connectivity index (χ3n) is 5.82. The molecule has 1 aromatic heterocycles. The van der Waals surface area contributed by atoms with Crippen molar-refractivity contribution in [3.05, 3.63) is 53.3 Å². The summed E-state index contributed by atoms with van der Waals surface area (Å²) in [5, 5.41) is 14.6. The number of alkyl halides is 3. The van der Waals surface area contributed by atoms with Crippen molar-refractivity contribution in [1.82, 2.24) is 10.3 Å². The molecular weight excluding hydrogens is 497 g/mol. The van der Waals surface area contributed by atoms with Gasteiger partial charge in [-0.1, -0.05) is 12.1 Å². The molecule has 0 spiro atoms. The number of nitrogens with zero attached hydrogens (tertiary/aromatic N) is 1. The van der Waals surface area contributed by atoms with Gasteiger partial charge in [-0.3, -0.25) is 19.4 Å². The summed E-state index contributed by atoms with van der Waals surface area (Å²) in [5.74, 6) is 1.55. The highest BCUT2D eigenvalue weighted by molar-refractivity contribution is 7.86. The highest BCUT2D eigenvalue weighted by Gasteiger charge is 2.36. The number of carbonyl (C=O) groups excluding carboxylic acids is 1. The maximum absolute atomic E-state index is 14.1. The van der Waals surface area contributed by atoms with Crippen LogP contribution < -0.4 is 15.4 Å². The SMILES string of the molecule is CNC1(C)CS(=O)C1.N=C(c1cccc(OC(F)F)c1)c1ncc(C=O)cc1NC1CCOCC1F. The van der Waals surface area contributed by atoms with E-state index in [0.717, 1.165) is 11.5 Å². The van der Waals surface area contributed by atoms with E-state index in [0.29, 0.717) is 25.0 Å². The van der Waals surface area contributed by atoms with Gasteiger partial charge in [-0.25, -0.2) is 4.39 Å².